The molecule has 0 aliphatic rings. The van der Waals surface area contributed by atoms with Crippen molar-refractivity contribution in [1.29, 1.82) is 0 Å². The van der Waals surface area contributed by atoms with Gasteiger partial charge in [0.05, 0.1) is 0 Å². The van der Waals surface area contributed by atoms with Crippen molar-refractivity contribution in [3.05, 3.63) is 60.0 Å². The van der Waals surface area contributed by atoms with Gasteiger partial charge in [0.1, 0.15) is 0 Å². The molecule has 106 valence electrons. The van der Waals surface area contributed by atoms with Crippen LogP contribution in [0.3, 0.4) is 0 Å². The minimum atomic E-state index is -3.81. The molecule has 0 saturated carbocycles. The fourth-order valence-corrected chi connectivity index (χ4v) is 3.47. The van der Waals surface area contributed by atoms with E-state index < -0.39 is 7.37 Å². The molecule has 2 heterocycles. The molecule has 0 fully saturated rings. The monoisotopic (exact) mass is 359 g/mol. The molecule has 0 bridgehead atoms. The standard InChI is InChI=1S/C13H10ClN4O2P.K/c14-11-6-7-12(17-16-11)18-9-8-15-13(18)21(19,20)10-4-2-1-3-5-10;/h1-9H,(H,19,20);/q;+1. The summed E-state index contributed by atoms with van der Waals surface area (Å²) in [6.45, 7) is 0. The Morgan fingerprint density at radius 1 is 1.09 bits per heavy atom. The minimum absolute atomic E-state index is 0. The van der Waals surface area contributed by atoms with Gasteiger partial charge in [0.15, 0.2) is 11.0 Å². The summed E-state index contributed by atoms with van der Waals surface area (Å²) >= 11 is 5.70. The van der Waals surface area contributed by atoms with Gasteiger partial charge < -0.3 is 4.89 Å². The second-order valence-corrected chi connectivity index (χ2v) is 6.68. The summed E-state index contributed by atoms with van der Waals surface area (Å²) < 4.78 is 14.2. The van der Waals surface area contributed by atoms with Gasteiger partial charge in [-0.15, -0.1) is 10.2 Å². The summed E-state index contributed by atoms with van der Waals surface area (Å²) in [5.41, 5.74) is 0.0188. The molecule has 0 amide bonds. The molecule has 0 aliphatic heterocycles. The van der Waals surface area contributed by atoms with Crippen molar-refractivity contribution >= 4 is 29.8 Å². The van der Waals surface area contributed by atoms with Crippen LogP contribution in [0.4, 0.5) is 0 Å². The first-order valence-corrected chi connectivity index (χ1v) is 8.05. The molecule has 0 saturated heterocycles. The fourth-order valence-electron chi connectivity index (χ4n) is 1.88. The minimum Gasteiger partial charge on any atom is -0.336 e. The Bertz CT molecular complexity index is 810. The number of imidazole rings is 1. The fraction of sp³-hybridized carbons (Fsp3) is 0. The van der Waals surface area contributed by atoms with E-state index in [1.54, 1.807) is 48.7 Å². The van der Waals surface area contributed by atoms with E-state index in [1.807, 2.05) is 0 Å². The van der Waals surface area contributed by atoms with Crippen LogP contribution in [-0.4, -0.2) is 24.6 Å². The van der Waals surface area contributed by atoms with E-state index in [0.29, 0.717) is 11.1 Å². The molecule has 9 heteroatoms. The second-order valence-electron chi connectivity index (χ2n) is 4.22. The Hall–Kier alpha value is -0.374. The first-order valence-electron chi connectivity index (χ1n) is 6.01. The summed E-state index contributed by atoms with van der Waals surface area (Å²) in [7, 11) is -3.81. The van der Waals surface area contributed by atoms with Crippen molar-refractivity contribution in [2.75, 3.05) is 0 Å². The number of halogens is 1. The largest absolute Gasteiger partial charge is 1.00 e. The smallest absolute Gasteiger partial charge is 0.336 e. The van der Waals surface area contributed by atoms with Gasteiger partial charge in [-0.2, -0.15) is 0 Å². The maximum Gasteiger partial charge on any atom is 1.00 e. The number of rotatable bonds is 3. The van der Waals surface area contributed by atoms with Gasteiger partial charge in [-0.05, 0) is 24.3 Å². The van der Waals surface area contributed by atoms with Gasteiger partial charge in [-0.3, -0.25) is 9.13 Å². The van der Waals surface area contributed by atoms with Crippen molar-refractivity contribution in [1.82, 2.24) is 19.7 Å². The first-order chi connectivity index (χ1) is 10.1. The molecule has 3 aromatic rings. The molecule has 3 rings (SSSR count). The van der Waals surface area contributed by atoms with E-state index >= 15 is 0 Å². The van der Waals surface area contributed by atoms with Crippen LogP contribution in [0.25, 0.3) is 5.82 Å². The predicted molar refractivity (Wildman–Crippen MR) is 79.7 cm³/mol. The topological polar surface area (TPSA) is 80.9 Å². The number of benzene rings is 1. The van der Waals surface area contributed by atoms with E-state index in [0.717, 1.165) is 0 Å². The molecule has 1 N–H and O–H groups in total. The van der Waals surface area contributed by atoms with Crippen LogP contribution in [0.15, 0.2) is 54.9 Å². The van der Waals surface area contributed by atoms with E-state index in [-0.39, 0.29) is 62.1 Å². The molecular weight excluding hydrogens is 350 g/mol. The predicted octanol–water partition coefficient (Wildman–Crippen LogP) is -1.46. The van der Waals surface area contributed by atoms with Crippen molar-refractivity contribution in [3.63, 3.8) is 0 Å². The zero-order valence-corrected chi connectivity index (χ0v) is 16.4. The van der Waals surface area contributed by atoms with Gasteiger partial charge in [0.25, 0.3) is 7.37 Å². The Labute approximate surface area is 174 Å². The quantitative estimate of drug-likeness (QED) is 0.457. The molecule has 6 nitrogen and oxygen atoms in total. The molecule has 1 atom stereocenters. The van der Waals surface area contributed by atoms with E-state index in [1.165, 1.54) is 10.8 Å². The van der Waals surface area contributed by atoms with Gasteiger partial charge in [-0.1, -0.05) is 29.8 Å². The number of hydrogen-bond acceptors (Lipinski definition) is 4. The van der Waals surface area contributed by atoms with Crippen LogP contribution in [-0.2, 0) is 4.57 Å². The average molecular weight is 360 g/mol. The Balaban J connectivity index is 0.00000176. The number of aromatic nitrogens is 4. The summed E-state index contributed by atoms with van der Waals surface area (Å²) in [6.07, 6.45) is 3.00. The van der Waals surface area contributed by atoms with E-state index in [2.05, 4.69) is 15.2 Å². The third-order valence-corrected chi connectivity index (χ3v) is 4.94. The molecule has 0 radical (unpaired) electrons. The maximum absolute atomic E-state index is 12.7. The first kappa shape index (κ1) is 18.0. The molecule has 22 heavy (non-hydrogen) atoms. The summed E-state index contributed by atoms with van der Waals surface area (Å²) in [6, 6.07) is 11.5. The summed E-state index contributed by atoms with van der Waals surface area (Å²) in [5, 5.41) is 8.17. The third-order valence-electron chi connectivity index (χ3n) is 2.86. The Morgan fingerprint density at radius 3 is 2.45 bits per heavy atom. The van der Waals surface area contributed by atoms with Crippen LogP contribution in [0.1, 0.15) is 0 Å². The van der Waals surface area contributed by atoms with Gasteiger partial charge in [0.2, 0.25) is 5.57 Å². The summed E-state index contributed by atoms with van der Waals surface area (Å²) in [5.74, 6) is 0.372. The van der Waals surface area contributed by atoms with Crippen molar-refractivity contribution in [2.45, 2.75) is 0 Å². The van der Waals surface area contributed by atoms with E-state index in [4.69, 9.17) is 11.6 Å². The Kier molecular flexibility index (Phi) is 6.10. The molecule has 0 aliphatic carbocycles. The molecule has 2 aromatic heterocycles. The van der Waals surface area contributed by atoms with Gasteiger partial charge in [-0.25, -0.2) is 4.98 Å². The zero-order valence-electron chi connectivity index (χ0n) is 11.7. The second kappa shape index (κ2) is 7.46. The van der Waals surface area contributed by atoms with Crippen LogP contribution in [0, 0.1) is 0 Å². The van der Waals surface area contributed by atoms with Gasteiger partial charge in [0, 0.05) is 17.7 Å². The summed E-state index contributed by atoms with van der Waals surface area (Å²) in [4.78, 5) is 14.5. The van der Waals surface area contributed by atoms with Crippen LogP contribution >= 0.6 is 19.0 Å². The maximum atomic E-state index is 12.7. The Morgan fingerprint density at radius 2 is 1.82 bits per heavy atom. The number of nitrogens with zero attached hydrogens (tertiary/aromatic N) is 4. The van der Waals surface area contributed by atoms with E-state index in [9.17, 15) is 9.46 Å². The normalized spacial score (nSPS) is 13.2. The molecule has 1 aromatic carbocycles. The molecule has 0 spiro atoms. The van der Waals surface area contributed by atoms with Crippen LogP contribution in [0.2, 0.25) is 5.15 Å². The average Bonchev–Trinajstić information content (AvgIpc) is 2.99. The van der Waals surface area contributed by atoms with Crippen molar-refractivity contribution in [2.24, 2.45) is 0 Å². The van der Waals surface area contributed by atoms with Gasteiger partial charge >= 0.3 is 51.4 Å². The third kappa shape index (κ3) is 3.58. The molecular formula is C13H10ClKN4O2P+. The van der Waals surface area contributed by atoms with Crippen molar-refractivity contribution in [3.8, 4) is 5.82 Å². The van der Waals surface area contributed by atoms with Crippen LogP contribution < -0.4 is 62.3 Å². The molecule has 1 unspecified atom stereocenters. The zero-order chi connectivity index (χ0) is 14.9. The SMILES string of the molecule is O=P(O)(c1ccccc1)c1nccn1-c1ccc(Cl)nn1.[K+]. The number of hydrogen-bond donors (Lipinski definition) is 1. The van der Waals surface area contributed by atoms with Crippen LogP contribution in [0.5, 0.6) is 0 Å². The van der Waals surface area contributed by atoms with Crippen molar-refractivity contribution < 1.29 is 60.8 Å².